The molecule has 104 valence electrons. The number of benzene rings is 1. The van der Waals surface area contributed by atoms with E-state index in [0.717, 1.165) is 30.9 Å². The van der Waals surface area contributed by atoms with Crippen LogP contribution in [0.4, 0.5) is 0 Å². The molecule has 0 fully saturated rings. The Morgan fingerprint density at radius 1 is 1.24 bits per heavy atom. The number of hydrogen-bond acceptors (Lipinski definition) is 3. The lowest BCUT2D eigenvalue weighted by Gasteiger charge is -2.18. The van der Waals surface area contributed by atoms with Crippen LogP contribution < -0.4 is 0 Å². The maximum atomic E-state index is 4.52. The predicted molar refractivity (Wildman–Crippen MR) is 86.4 cm³/mol. The molecular formula is C18H17N3. The van der Waals surface area contributed by atoms with Crippen molar-refractivity contribution in [1.29, 1.82) is 0 Å². The average Bonchev–Trinajstić information content (AvgIpc) is 2.95. The van der Waals surface area contributed by atoms with Crippen LogP contribution >= 0.6 is 0 Å². The zero-order chi connectivity index (χ0) is 14.2. The average molecular weight is 275 g/mol. The molecule has 1 aromatic carbocycles. The van der Waals surface area contributed by atoms with E-state index < -0.39 is 0 Å². The summed E-state index contributed by atoms with van der Waals surface area (Å²) in [5.74, 6) is 1.10. The first-order chi connectivity index (χ1) is 10.3. The topological polar surface area (TPSA) is 28.5 Å². The number of aliphatic imine (C=N–C) groups is 1. The number of aryl methyl sites for hydroxylation is 1. The third-order valence-electron chi connectivity index (χ3n) is 3.99. The zero-order valence-electron chi connectivity index (χ0n) is 12.1. The summed E-state index contributed by atoms with van der Waals surface area (Å²) in [6, 6.07) is 8.72. The second kappa shape index (κ2) is 4.85. The number of pyridine rings is 1. The quantitative estimate of drug-likeness (QED) is 0.841. The van der Waals surface area contributed by atoms with Crippen LogP contribution in [-0.4, -0.2) is 28.8 Å². The van der Waals surface area contributed by atoms with Crippen molar-refractivity contribution in [2.75, 3.05) is 13.1 Å². The Hall–Kier alpha value is -2.42. The standard InChI is InChI=1S/C18H17N3/c1-13-8-16-3-2-14(10-17(16)20-12-13)9-15-4-6-21-7-5-19-18(21)11-15/h2-4,6,8,10-12H,5,7,9H2,1H3. The molecule has 0 amide bonds. The number of amidine groups is 1. The molecule has 2 aliphatic rings. The Kier molecular flexibility index (Phi) is 2.85. The number of hydrogen-bond donors (Lipinski definition) is 0. The highest BCUT2D eigenvalue weighted by atomic mass is 15.2. The zero-order valence-corrected chi connectivity index (χ0v) is 12.1. The number of allylic oxidation sites excluding steroid dienone is 2. The fourth-order valence-corrected chi connectivity index (χ4v) is 2.89. The van der Waals surface area contributed by atoms with Gasteiger partial charge in [0.1, 0.15) is 5.84 Å². The molecule has 3 heteroatoms. The highest BCUT2D eigenvalue weighted by molar-refractivity contribution is 5.97. The molecule has 1 aromatic heterocycles. The van der Waals surface area contributed by atoms with Gasteiger partial charge in [-0.05, 0) is 54.3 Å². The number of aromatic nitrogens is 1. The summed E-state index contributed by atoms with van der Waals surface area (Å²) in [4.78, 5) is 11.2. The summed E-state index contributed by atoms with van der Waals surface area (Å²) in [6.07, 6.45) is 9.38. The van der Waals surface area contributed by atoms with Gasteiger partial charge >= 0.3 is 0 Å². The summed E-state index contributed by atoms with van der Waals surface area (Å²) < 4.78 is 0. The molecule has 21 heavy (non-hydrogen) atoms. The minimum Gasteiger partial charge on any atom is -0.331 e. The maximum Gasteiger partial charge on any atom is 0.127 e. The molecule has 0 radical (unpaired) electrons. The summed E-state index contributed by atoms with van der Waals surface area (Å²) in [5.41, 5.74) is 4.87. The SMILES string of the molecule is Cc1cnc2cc(CC3=CC4=NCCN4C=C3)ccc2c1. The first-order valence-electron chi connectivity index (χ1n) is 7.33. The molecule has 2 aliphatic heterocycles. The molecule has 0 saturated carbocycles. The van der Waals surface area contributed by atoms with E-state index in [1.165, 1.54) is 22.1 Å². The molecule has 0 N–H and O–H groups in total. The van der Waals surface area contributed by atoms with Crippen LogP contribution in [0, 0.1) is 6.92 Å². The number of nitrogens with zero attached hydrogens (tertiary/aromatic N) is 3. The summed E-state index contributed by atoms with van der Waals surface area (Å²) >= 11 is 0. The predicted octanol–water partition coefficient (Wildman–Crippen LogP) is 3.25. The van der Waals surface area contributed by atoms with Gasteiger partial charge in [-0.1, -0.05) is 12.1 Å². The Bertz CT molecular complexity index is 799. The minimum atomic E-state index is 0.905. The Morgan fingerprint density at radius 2 is 2.19 bits per heavy atom. The van der Waals surface area contributed by atoms with Crippen LogP contribution in [0.2, 0.25) is 0 Å². The van der Waals surface area contributed by atoms with E-state index in [9.17, 15) is 0 Å². The molecule has 2 aromatic rings. The Morgan fingerprint density at radius 3 is 3.14 bits per heavy atom. The second-order valence-corrected chi connectivity index (χ2v) is 5.68. The molecule has 0 aliphatic carbocycles. The first kappa shape index (κ1) is 12.3. The fourth-order valence-electron chi connectivity index (χ4n) is 2.89. The van der Waals surface area contributed by atoms with Gasteiger partial charge in [-0.3, -0.25) is 9.98 Å². The van der Waals surface area contributed by atoms with Crippen LogP contribution in [0.5, 0.6) is 0 Å². The van der Waals surface area contributed by atoms with Gasteiger partial charge in [0, 0.05) is 24.3 Å². The lowest BCUT2D eigenvalue weighted by Crippen LogP contribution is -2.22. The molecule has 0 atom stereocenters. The molecule has 4 rings (SSSR count). The van der Waals surface area contributed by atoms with Crippen LogP contribution in [0.1, 0.15) is 11.1 Å². The monoisotopic (exact) mass is 275 g/mol. The molecule has 0 saturated heterocycles. The summed E-state index contributed by atoms with van der Waals surface area (Å²) in [7, 11) is 0. The molecule has 3 heterocycles. The van der Waals surface area contributed by atoms with Crippen LogP contribution in [-0.2, 0) is 6.42 Å². The van der Waals surface area contributed by atoms with Gasteiger partial charge in [-0.25, -0.2) is 0 Å². The highest BCUT2D eigenvalue weighted by Crippen LogP contribution is 2.20. The van der Waals surface area contributed by atoms with E-state index in [2.05, 4.69) is 64.4 Å². The van der Waals surface area contributed by atoms with Crippen LogP contribution in [0.25, 0.3) is 10.9 Å². The van der Waals surface area contributed by atoms with Crippen molar-refractivity contribution in [3.8, 4) is 0 Å². The van der Waals surface area contributed by atoms with Crippen LogP contribution in [0.3, 0.4) is 0 Å². The van der Waals surface area contributed by atoms with Crippen molar-refractivity contribution in [1.82, 2.24) is 9.88 Å². The van der Waals surface area contributed by atoms with E-state index >= 15 is 0 Å². The van der Waals surface area contributed by atoms with Crippen molar-refractivity contribution in [3.63, 3.8) is 0 Å². The molecule has 0 unspecified atom stereocenters. The maximum absolute atomic E-state index is 4.52. The van der Waals surface area contributed by atoms with Gasteiger partial charge in [0.25, 0.3) is 0 Å². The van der Waals surface area contributed by atoms with E-state index in [1.54, 1.807) is 0 Å². The minimum absolute atomic E-state index is 0.905. The van der Waals surface area contributed by atoms with Gasteiger partial charge < -0.3 is 4.90 Å². The Labute approximate surface area is 124 Å². The first-order valence-corrected chi connectivity index (χ1v) is 7.33. The van der Waals surface area contributed by atoms with E-state index in [-0.39, 0.29) is 0 Å². The molecular weight excluding hydrogens is 258 g/mol. The molecule has 3 nitrogen and oxygen atoms in total. The van der Waals surface area contributed by atoms with Crippen molar-refractivity contribution >= 4 is 16.7 Å². The van der Waals surface area contributed by atoms with Crippen LogP contribution in [0.15, 0.2) is 59.4 Å². The van der Waals surface area contributed by atoms with Gasteiger partial charge in [0.15, 0.2) is 0 Å². The van der Waals surface area contributed by atoms with Crippen molar-refractivity contribution in [2.45, 2.75) is 13.3 Å². The second-order valence-electron chi connectivity index (χ2n) is 5.68. The van der Waals surface area contributed by atoms with Crippen molar-refractivity contribution in [2.24, 2.45) is 4.99 Å². The largest absolute Gasteiger partial charge is 0.331 e. The van der Waals surface area contributed by atoms with Gasteiger partial charge in [-0.2, -0.15) is 0 Å². The smallest absolute Gasteiger partial charge is 0.127 e. The van der Waals surface area contributed by atoms with Crippen molar-refractivity contribution in [3.05, 3.63) is 65.5 Å². The lowest BCUT2D eigenvalue weighted by molar-refractivity contribution is 0.609. The van der Waals surface area contributed by atoms with E-state index in [0.29, 0.717) is 0 Å². The molecule has 0 spiro atoms. The van der Waals surface area contributed by atoms with E-state index in [4.69, 9.17) is 0 Å². The highest BCUT2D eigenvalue weighted by Gasteiger charge is 2.16. The summed E-state index contributed by atoms with van der Waals surface area (Å²) in [5, 5.41) is 1.21. The van der Waals surface area contributed by atoms with Gasteiger partial charge in [0.2, 0.25) is 0 Å². The van der Waals surface area contributed by atoms with Crippen molar-refractivity contribution < 1.29 is 0 Å². The third-order valence-corrected chi connectivity index (χ3v) is 3.99. The third kappa shape index (κ3) is 2.35. The summed E-state index contributed by atoms with van der Waals surface area (Å²) in [6.45, 7) is 3.99. The lowest BCUT2D eigenvalue weighted by atomic mass is 10.0. The number of fused-ring (bicyclic) bond motifs is 2. The Balaban J connectivity index is 1.63. The molecule has 0 bridgehead atoms. The fraction of sp³-hybridized carbons (Fsp3) is 0.222. The van der Waals surface area contributed by atoms with Gasteiger partial charge in [-0.15, -0.1) is 0 Å². The normalized spacial score (nSPS) is 16.9. The van der Waals surface area contributed by atoms with E-state index in [1.807, 2.05) is 6.20 Å². The van der Waals surface area contributed by atoms with Gasteiger partial charge in [0.05, 0.1) is 12.1 Å². The number of rotatable bonds is 2.